The molecular formula is C21H41N5O6S. The van der Waals surface area contributed by atoms with Gasteiger partial charge in [-0.05, 0) is 57.1 Å². The summed E-state index contributed by atoms with van der Waals surface area (Å²) in [5, 5.41) is 26.4. The summed E-state index contributed by atoms with van der Waals surface area (Å²) >= 11 is 1.50. The molecule has 0 aromatic rings. The number of nitrogens with one attached hydrogen (secondary N) is 3. The molecule has 0 aromatic heterocycles. The van der Waals surface area contributed by atoms with Crippen molar-refractivity contribution in [3.8, 4) is 0 Å². The topological polar surface area (TPSA) is 197 Å². The number of carboxylic acid groups (broad SMARTS) is 1. The number of hydrogen-bond donors (Lipinski definition) is 7. The van der Waals surface area contributed by atoms with Crippen LogP contribution < -0.4 is 27.4 Å². The Bertz CT molecular complexity index is 634. The van der Waals surface area contributed by atoms with Crippen molar-refractivity contribution < 1.29 is 29.4 Å². The zero-order chi connectivity index (χ0) is 25.6. The molecule has 0 fully saturated rings. The van der Waals surface area contributed by atoms with Crippen LogP contribution in [0.5, 0.6) is 0 Å². The summed E-state index contributed by atoms with van der Waals surface area (Å²) in [6, 6.07) is -4.23. The zero-order valence-corrected chi connectivity index (χ0v) is 20.8. The van der Waals surface area contributed by atoms with Crippen LogP contribution in [0.4, 0.5) is 0 Å². The fourth-order valence-corrected chi connectivity index (χ4v) is 3.51. The first-order chi connectivity index (χ1) is 15.4. The van der Waals surface area contributed by atoms with Crippen molar-refractivity contribution in [2.45, 2.75) is 83.1 Å². The molecule has 33 heavy (non-hydrogen) atoms. The molecule has 0 aliphatic carbocycles. The van der Waals surface area contributed by atoms with Crippen LogP contribution in [0, 0.1) is 5.92 Å². The number of hydrogen-bond acceptors (Lipinski definition) is 8. The average molecular weight is 492 g/mol. The van der Waals surface area contributed by atoms with Gasteiger partial charge in [-0.2, -0.15) is 11.8 Å². The lowest BCUT2D eigenvalue weighted by molar-refractivity contribution is -0.145. The molecule has 9 N–H and O–H groups in total. The number of carbonyl (C=O) groups excluding carboxylic acids is 3. The fraction of sp³-hybridized carbons (Fsp3) is 0.810. The number of amides is 3. The summed E-state index contributed by atoms with van der Waals surface area (Å²) in [5.74, 6) is -2.54. The van der Waals surface area contributed by atoms with E-state index in [0.717, 1.165) is 6.42 Å². The largest absolute Gasteiger partial charge is 0.480 e. The quantitative estimate of drug-likeness (QED) is 0.127. The van der Waals surface area contributed by atoms with Gasteiger partial charge >= 0.3 is 5.97 Å². The van der Waals surface area contributed by atoms with Gasteiger partial charge in [-0.1, -0.05) is 20.3 Å². The maximum absolute atomic E-state index is 13.0. The maximum atomic E-state index is 13.0. The molecule has 12 heteroatoms. The minimum Gasteiger partial charge on any atom is -0.480 e. The summed E-state index contributed by atoms with van der Waals surface area (Å²) in [5.41, 5.74) is 11.4. The van der Waals surface area contributed by atoms with Crippen molar-refractivity contribution in [1.82, 2.24) is 16.0 Å². The Kier molecular flexibility index (Phi) is 15.7. The van der Waals surface area contributed by atoms with E-state index in [9.17, 15) is 29.4 Å². The van der Waals surface area contributed by atoms with Gasteiger partial charge in [0.05, 0.1) is 12.1 Å². The first kappa shape index (κ1) is 31.1. The monoisotopic (exact) mass is 491 g/mol. The molecule has 0 aliphatic heterocycles. The molecule has 0 rings (SSSR count). The number of rotatable bonds is 17. The van der Waals surface area contributed by atoms with Crippen LogP contribution in [0.1, 0.15) is 52.9 Å². The van der Waals surface area contributed by atoms with Gasteiger partial charge in [-0.15, -0.1) is 0 Å². The van der Waals surface area contributed by atoms with Gasteiger partial charge < -0.3 is 37.6 Å². The lowest BCUT2D eigenvalue weighted by Crippen LogP contribution is -2.58. The molecule has 5 atom stereocenters. The molecule has 11 nitrogen and oxygen atoms in total. The van der Waals surface area contributed by atoms with Crippen molar-refractivity contribution in [3.63, 3.8) is 0 Å². The van der Waals surface area contributed by atoms with Gasteiger partial charge in [-0.25, -0.2) is 4.79 Å². The van der Waals surface area contributed by atoms with Crippen LogP contribution in [0.25, 0.3) is 0 Å². The molecule has 0 heterocycles. The second-order valence-corrected chi connectivity index (χ2v) is 9.48. The molecule has 192 valence electrons. The Hall–Kier alpha value is -1.89. The second-order valence-electron chi connectivity index (χ2n) is 8.49. The third-order valence-corrected chi connectivity index (χ3v) is 5.58. The van der Waals surface area contributed by atoms with Crippen LogP contribution in [0.2, 0.25) is 0 Å². The molecule has 5 unspecified atom stereocenters. The van der Waals surface area contributed by atoms with Gasteiger partial charge in [-0.3, -0.25) is 14.4 Å². The summed E-state index contributed by atoms with van der Waals surface area (Å²) in [6.45, 7) is 5.45. The van der Waals surface area contributed by atoms with Crippen LogP contribution in [0.3, 0.4) is 0 Å². The summed E-state index contributed by atoms with van der Waals surface area (Å²) < 4.78 is 0. The number of aliphatic hydroxyl groups is 1. The predicted molar refractivity (Wildman–Crippen MR) is 128 cm³/mol. The summed E-state index contributed by atoms with van der Waals surface area (Å²) in [6.07, 6.45) is 2.99. The normalized spacial score (nSPS) is 15.8. The minimum absolute atomic E-state index is 0.00563. The van der Waals surface area contributed by atoms with E-state index in [1.54, 1.807) is 0 Å². The molecule has 0 aliphatic rings. The van der Waals surface area contributed by atoms with E-state index in [0.29, 0.717) is 31.6 Å². The van der Waals surface area contributed by atoms with E-state index in [-0.39, 0.29) is 12.3 Å². The van der Waals surface area contributed by atoms with Crippen LogP contribution in [0.15, 0.2) is 0 Å². The van der Waals surface area contributed by atoms with Gasteiger partial charge in [0.15, 0.2) is 6.04 Å². The molecule has 0 saturated heterocycles. The number of unbranched alkanes of at least 4 members (excludes halogenated alkanes) is 1. The number of aliphatic carboxylic acids is 1. The lowest BCUT2D eigenvalue weighted by atomic mass is 10.0. The van der Waals surface area contributed by atoms with Gasteiger partial charge in [0.2, 0.25) is 17.7 Å². The van der Waals surface area contributed by atoms with Gasteiger partial charge in [0.25, 0.3) is 0 Å². The Morgan fingerprint density at radius 2 is 1.48 bits per heavy atom. The van der Waals surface area contributed by atoms with Crippen LogP contribution in [-0.4, -0.2) is 82.7 Å². The van der Waals surface area contributed by atoms with Crippen LogP contribution in [-0.2, 0) is 19.2 Å². The number of nitrogens with two attached hydrogens (primary N) is 2. The van der Waals surface area contributed by atoms with E-state index in [2.05, 4.69) is 16.0 Å². The van der Waals surface area contributed by atoms with Gasteiger partial charge in [0.1, 0.15) is 12.1 Å². The fourth-order valence-electron chi connectivity index (χ4n) is 3.04. The SMILES string of the molecule is CSCCC(NC(=O)C(N)CCCCN)C(=O)NC(CC(C)C)C(=O)NC(C(=O)O)C(C)O. The Labute approximate surface area is 200 Å². The molecular weight excluding hydrogens is 450 g/mol. The van der Waals surface area contributed by atoms with Crippen molar-refractivity contribution in [2.24, 2.45) is 17.4 Å². The van der Waals surface area contributed by atoms with E-state index < -0.39 is 54.0 Å². The number of aliphatic hydroxyl groups excluding tert-OH is 1. The molecule has 3 amide bonds. The number of thioether (sulfide) groups is 1. The highest BCUT2D eigenvalue weighted by atomic mass is 32.2. The van der Waals surface area contributed by atoms with Crippen molar-refractivity contribution in [2.75, 3.05) is 18.6 Å². The Morgan fingerprint density at radius 1 is 0.909 bits per heavy atom. The third-order valence-electron chi connectivity index (χ3n) is 4.94. The molecule has 0 aromatic carbocycles. The van der Waals surface area contributed by atoms with Crippen molar-refractivity contribution in [3.05, 3.63) is 0 Å². The standard InChI is InChI=1S/C21H41N5O6S/c1-12(2)11-16(20(30)26-17(13(3)27)21(31)32)25-19(29)15(8-10-33-4)24-18(28)14(23)7-5-6-9-22/h12-17,27H,5-11,22-23H2,1-4H3,(H,24,28)(H,25,29)(H,26,30)(H,31,32). The second kappa shape index (κ2) is 16.7. The molecule has 0 radical (unpaired) electrons. The zero-order valence-electron chi connectivity index (χ0n) is 20.0. The summed E-state index contributed by atoms with van der Waals surface area (Å²) in [7, 11) is 0. The molecule has 0 spiro atoms. The molecule has 0 bridgehead atoms. The van der Waals surface area contributed by atoms with E-state index in [1.807, 2.05) is 20.1 Å². The van der Waals surface area contributed by atoms with Gasteiger partial charge in [0, 0.05) is 0 Å². The predicted octanol–water partition coefficient (Wildman–Crippen LogP) is -0.838. The number of carboxylic acids is 1. The van der Waals surface area contributed by atoms with E-state index in [1.165, 1.54) is 18.7 Å². The lowest BCUT2D eigenvalue weighted by Gasteiger charge is -2.26. The minimum atomic E-state index is -1.51. The van der Waals surface area contributed by atoms with Crippen LogP contribution >= 0.6 is 11.8 Å². The molecule has 0 saturated carbocycles. The highest BCUT2D eigenvalue weighted by molar-refractivity contribution is 7.98. The highest BCUT2D eigenvalue weighted by Gasteiger charge is 2.32. The number of carbonyl (C=O) groups is 4. The Morgan fingerprint density at radius 3 is 1.97 bits per heavy atom. The van der Waals surface area contributed by atoms with Crippen molar-refractivity contribution >= 4 is 35.5 Å². The Balaban J connectivity index is 5.37. The first-order valence-corrected chi connectivity index (χ1v) is 12.6. The smallest absolute Gasteiger partial charge is 0.328 e. The van der Waals surface area contributed by atoms with Crippen molar-refractivity contribution in [1.29, 1.82) is 0 Å². The first-order valence-electron chi connectivity index (χ1n) is 11.2. The average Bonchev–Trinajstić information content (AvgIpc) is 2.73. The highest BCUT2D eigenvalue weighted by Crippen LogP contribution is 2.09. The maximum Gasteiger partial charge on any atom is 0.328 e. The summed E-state index contributed by atoms with van der Waals surface area (Å²) in [4.78, 5) is 49.5. The van der Waals surface area contributed by atoms with E-state index in [4.69, 9.17) is 11.5 Å². The van der Waals surface area contributed by atoms with E-state index >= 15 is 0 Å². The third kappa shape index (κ3) is 12.8.